The summed E-state index contributed by atoms with van der Waals surface area (Å²) in [5, 5.41) is 12.4. The lowest BCUT2D eigenvalue weighted by atomic mass is 9.81. The minimum Gasteiger partial charge on any atom is -0.391 e. The van der Waals surface area contributed by atoms with Crippen LogP contribution in [0.15, 0.2) is 12.7 Å². The Labute approximate surface area is 184 Å². The molecule has 2 amide bonds. The Hall–Kier alpha value is -1.74. The smallest absolute Gasteiger partial charge is 0.243 e. The van der Waals surface area contributed by atoms with E-state index in [2.05, 4.69) is 11.9 Å². The number of aliphatic hydroxyl groups excluding tert-OH is 1. The van der Waals surface area contributed by atoms with Gasteiger partial charge in [0.15, 0.2) is 15.6 Å². The van der Waals surface area contributed by atoms with Gasteiger partial charge in [0.2, 0.25) is 11.8 Å². The largest absolute Gasteiger partial charge is 0.391 e. The fourth-order valence-electron chi connectivity index (χ4n) is 4.19. The topological polar surface area (TPSA) is 121 Å². The van der Waals surface area contributed by atoms with Crippen molar-refractivity contribution in [1.82, 2.24) is 10.2 Å². The van der Waals surface area contributed by atoms with Crippen molar-refractivity contribution in [3.05, 3.63) is 12.7 Å². The molecule has 174 valence electrons. The van der Waals surface area contributed by atoms with Gasteiger partial charge in [-0.3, -0.25) is 14.4 Å². The lowest BCUT2D eigenvalue weighted by Crippen LogP contribution is -2.55. The second-order valence-corrected chi connectivity index (χ2v) is 12.7. The Kier molecular flexibility index (Phi) is 6.17. The highest BCUT2D eigenvalue weighted by Gasteiger charge is 2.61. The Morgan fingerprint density at radius 3 is 2.39 bits per heavy atom. The van der Waals surface area contributed by atoms with Gasteiger partial charge in [0.1, 0.15) is 17.3 Å². The van der Waals surface area contributed by atoms with Gasteiger partial charge in [-0.25, -0.2) is 8.42 Å². The van der Waals surface area contributed by atoms with Crippen LogP contribution in [0.5, 0.6) is 0 Å². The number of Topliss-reactive ketones (excluding diaryl/α,β-unsaturated/α-hetero) is 1. The normalized spacial score (nSPS) is 31.8. The molecule has 2 aliphatic carbocycles. The summed E-state index contributed by atoms with van der Waals surface area (Å²) in [5.41, 5.74) is -1.61. The summed E-state index contributed by atoms with van der Waals surface area (Å²) >= 11 is 0. The van der Waals surface area contributed by atoms with Crippen molar-refractivity contribution in [3.63, 3.8) is 0 Å². The maximum atomic E-state index is 13.2. The lowest BCUT2D eigenvalue weighted by Gasteiger charge is -2.33. The number of sulfone groups is 1. The number of likely N-dealkylation sites (tertiary alicyclic amines) is 1. The molecular formula is C22H34N2O6S. The SMILES string of the molecule is C=C[C@@H]1C[C@]1(NC(=O)[C@@H]1C[C@@H](O)CN1C(=O)[C@@H](C)C(C)(C)C)C(=O)CS(=O)(=O)C1CC1. The molecule has 0 aromatic heterocycles. The van der Waals surface area contributed by atoms with E-state index < -0.39 is 50.2 Å². The van der Waals surface area contributed by atoms with Crippen LogP contribution in [0.4, 0.5) is 0 Å². The van der Waals surface area contributed by atoms with Crippen molar-refractivity contribution in [3.8, 4) is 0 Å². The number of β-amino-alcohol motifs (C(OH)–C–C–N with tert-alkyl or cyclic N) is 1. The van der Waals surface area contributed by atoms with Crippen molar-refractivity contribution in [2.45, 2.75) is 76.3 Å². The van der Waals surface area contributed by atoms with Gasteiger partial charge in [0, 0.05) is 24.8 Å². The van der Waals surface area contributed by atoms with E-state index >= 15 is 0 Å². The molecule has 31 heavy (non-hydrogen) atoms. The van der Waals surface area contributed by atoms with E-state index in [1.165, 1.54) is 4.90 Å². The summed E-state index contributed by atoms with van der Waals surface area (Å²) < 4.78 is 24.6. The molecule has 0 unspecified atom stereocenters. The van der Waals surface area contributed by atoms with E-state index in [1.807, 2.05) is 20.8 Å². The first-order valence-corrected chi connectivity index (χ1v) is 12.6. The first kappa shape index (κ1) is 23.9. The van der Waals surface area contributed by atoms with Gasteiger partial charge < -0.3 is 15.3 Å². The predicted molar refractivity (Wildman–Crippen MR) is 116 cm³/mol. The van der Waals surface area contributed by atoms with Gasteiger partial charge in [-0.2, -0.15) is 0 Å². The zero-order valence-electron chi connectivity index (χ0n) is 18.8. The molecular weight excluding hydrogens is 420 g/mol. The summed E-state index contributed by atoms with van der Waals surface area (Å²) in [7, 11) is -3.52. The molecule has 2 N–H and O–H groups in total. The predicted octanol–water partition coefficient (Wildman–Crippen LogP) is 0.838. The maximum absolute atomic E-state index is 13.2. The van der Waals surface area contributed by atoms with Gasteiger partial charge >= 0.3 is 0 Å². The van der Waals surface area contributed by atoms with Crippen molar-refractivity contribution < 1.29 is 27.9 Å². The van der Waals surface area contributed by atoms with E-state index in [0.29, 0.717) is 19.3 Å². The monoisotopic (exact) mass is 454 g/mol. The molecule has 0 radical (unpaired) electrons. The molecule has 0 bridgehead atoms. The van der Waals surface area contributed by atoms with Gasteiger partial charge in [0.05, 0.1) is 11.4 Å². The van der Waals surface area contributed by atoms with Crippen molar-refractivity contribution >= 4 is 27.4 Å². The fourth-order valence-corrected chi connectivity index (χ4v) is 5.90. The number of carbonyl (C=O) groups is 3. The molecule has 1 heterocycles. The molecule has 1 aliphatic heterocycles. The lowest BCUT2D eigenvalue weighted by molar-refractivity contribution is -0.144. The molecule has 3 aliphatic rings. The Morgan fingerprint density at radius 1 is 1.29 bits per heavy atom. The van der Waals surface area contributed by atoms with Crippen LogP contribution in [-0.4, -0.2) is 71.3 Å². The number of nitrogens with one attached hydrogen (secondary N) is 1. The number of hydrogen-bond acceptors (Lipinski definition) is 6. The summed E-state index contributed by atoms with van der Waals surface area (Å²) in [5.74, 6) is -2.60. The Morgan fingerprint density at radius 2 is 1.90 bits per heavy atom. The molecule has 2 saturated carbocycles. The Bertz CT molecular complexity index is 888. The quantitative estimate of drug-likeness (QED) is 0.524. The van der Waals surface area contributed by atoms with Crippen LogP contribution in [0.25, 0.3) is 0 Å². The van der Waals surface area contributed by atoms with Crippen molar-refractivity contribution in [2.75, 3.05) is 12.3 Å². The second-order valence-electron chi connectivity index (χ2n) is 10.4. The second kappa shape index (κ2) is 7.99. The zero-order valence-corrected chi connectivity index (χ0v) is 19.6. The highest BCUT2D eigenvalue weighted by molar-refractivity contribution is 7.93. The van der Waals surface area contributed by atoms with Gasteiger partial charge in [-0.1, -0.05) is 33.8 Å². The van der Waals surface area contributed by atoms with Gasteiger partial charge in [0.25, 0.3) is 0 Å². The van der Waals surface area contributed by atoms with Crippen molar-refractivity contribution in [2.24, 2.45) is 17.3 Å². The van der Waals surface area contributed by atoms with E-state index in [4.69, 9.17) is 0 Å². The van der Waals surface area contributed by atoms with Crippen LogP contribution in [-0.2, 0) is 24.2 Å². The number of aliphatic hydroxyl groups is 1. The molecule has 3 fully saturated rings. The minimum atomic E-state index is -3.52. The van der Waals surface area contributed by atoms with Crippen molar-refractivity contribution in [1.29, 1.82) is 0 Å². The molecule has 9 heteroatoms. The van der Waals surface area contributed by atoms with Crippen LogP contribution in [0, 0.1) is 17.3 Å². The average molecular weight is 455 g/mol. The first-order valence-electron chi connectivity index (χ1n) is 10.9. The number of ketones is 1. The molecule has 3 rings (SSSR count). The highest BCUT2D eigenvalue weighted by Crippen LogP contribution is 2.46. The first-order chi connectivity index (χ1) is 14.2. The maximum Gasteiger partial charge on any atom is 0.243 e. The van der Waals surface area contributed by atoms with E-state index in [9.17, 15) is 27.9 Å². The fraction of sp³-hybridized carbons (Fsp3) is 0.773. The number of carbonyl (C=O) groups excluding carboxylic acids is 3. The van der Waals surface area contributed by atoms with Crippen LogP contribution >= 0.6 is 0 Å². The molecule has 0 aromatic carbocycles. The summed E-state index contributed by atoms with van der Waals surface area (Å²) in [6.07, 6.45) is 2.24. The van der Waals surface area contributed by atoms with Crippen LogP contribution < -0.4 is 5.32 Å². The molecule has 1 saturated heterocycles. The van der Waals surface area contributed by atoms with Gasteiger partial charge in [-0.15, -0.1) is 6.58 Å². The molecule has 0 aromatic rings. The number of rotatable bonds is 8. The van der Waals surface area contributed by atoms with Gasteiger partial charge in [-0.05, 0) is 24.7 Å². The molecule has 5 atom stereocenters. The van der Waals surface area contributed by atoms with E-state index in [0.717, 1.165) is 0 Å². The zero-order chi connectivity index (χ0) is 23.4. The minimum absolute atomic E-state index is 0.0548. The Balaban J connectivity index is 1.76. The summed E-state index contributed by atoms with van der Waals surface area (Å²) in [4.78, 5) is 40.5. The third kappa shape index (κ3) is 4.72. The highest BCUT2D eigenvalue weighted by atomic mass is 32.2. The van der Waals surface area contributed by atoms with Crippen LogP contribution in [0.2, 0.25) is 0 Å². The van der Waals surface area contributed by atoms with E-state index in [-0.39, 0.29) is 36.1 Å². The summed E-state index contributed by atoms with van der Waals surface area (Å²) in [6, 6.07) is -0.900. The third-order valence-corrected chi connectivity index (χ3v) is 9.19. The standard InChI is InChI=1S/C22H34N2O6S/c1-6-14-10-22(14,18(26)12-31(29,30)16-7-8-16)23-19(27)17-9-15(25)11-24(17)20(28)13(2)21(3,4)5/h6,13-17,25H,1,7-12H2,2-5H3,(H,23,27)/t13-,14-,15-,17+,22-/m1/s1. The summed E-state index contributed by atoms with van der Waals surface area (Å²) in [6.45, 7) is 11.4. The third-order valence-electron chi connectivity index (χ3n) is 7.04. The number of nitrogens with zero attached hydrogens (tertiary/aromatic N) is 1. The number of amides is 2. The molecule has 0 spiro atoms. The average Bonchev–Trinajstić information content (AvgIpc) is 3.57. The molecule has 8 nitrogen and oxygen atoms in total. The van der Waals surface area contributed by atoms with Crippen LogP contribution in [0.1, 0.15) is 53.4 Å². The van der Waals surface area contributed by atoms with E-state index in [1.54, 1.807) is 13.0 Å². The number of hydrogen-bond donors (Lipinski definition) is 2. The van der Waals surface area contributed by atoms with Crippen LogP contribution in [0.3, 0.4) is 0 Å².